The van der Waals surface area contributed by atoms with Crippen LogP contribution in [0.2, 0.25) is 0 Å². The van der Waals surface area contributed by atoms with Crippen molar-refractivity contribution in [2.75, 3.05) is 6.61 Å². The van der Waals surface area contributed by atoms with Crippen molar-refractivity contribution >= 4 is 5.97 Å². The van der Waals surface area contributed by atoms with Crippen molar-refractivity contribution in [3.05, 3.63) is 59.7 Å². The standard InChI is InChI=1S/C16H16O3/c1-12-6-5-8-14(10-12)18-11-16(17)19-15-9-4-3-7-13(15)2/h3-10H,11H2,1-2H3. The van der Waals surface area contributed by atoms with E-state index in [0.717, 1.165) is 11.1 Å². The number of esters is 1. The third kappa shape index (κ3) is 3.85. The number of hydrogen-bond acceptors (Lipinski definition) is 3. The topological polar surface area (TPSA) is 35.5 Å². The summed E-state index contributed by atoms with van der Waals surface area (Å²) in [5, 5.41) is 0. The minimum atomic E-state index is -0.407. The first-order valence-corrected chi connectivity index (χ1v) is 6.11. The highest BCUT2D eigenvalue weighted by atomic mass is 16.6. The molecule has 0 fully saturated rings. The van der Waals surface area contributed by atoms with Gasteiger partial charge in [-0.25, -0.2) is 4.79 Å². The first kappa shape index (κ1) is 13.1. The maximum absolute atomic E-state index is 11.7. The van der Waals surface area contributed by atoms with Crippen LogP contribution in [0.15, 0.2) is 48.5 Å². The van der Waals surface area contributed by atoms with Crippen molar-refractivity contribution in [1.29, 1.82) is 0 Å². The lowest BCUT2D eigenvalue weighted by Crippen LogP contribution is -2.18. The summed E-state index contributed by atoms with van der Waals surface area (Å²) in [7, 11) is 0. The molecule has 0 bridgehead atoms. The molecule has 98 valence electrons. The maximum atomic E-state index is 11.7. The van der Waals surface area contributed by atoms with E-state index in [1.165, 1.54) is 0 Å². The number of aryl methyl sites for hydroxylation is 2. The van der Waals surface area contributed by atoms with Crippen LogP contribution in [0.1, 0.15) is 11.1 Å². The van der Waals surface area contributed by atoms with Crippen LogP contribution in [0.4, 0.5) is 0 Å². The highest BCUT2D eigenvalue weighted by molar-refractivity contribution is 5.74. The average Bonchev–Trinajstić information content (AvgIpc) is 2.39. The minimum Gasteiger partial charge on any atom is -0.482 e. The molecule has 0 heterocycles. The molecule has 0 radical (unpaired) electrons. The molecule has 0 saturated heterocycles. The highest BCUT2D eigenvalue weighted by Gasteiger charge is 2.07. The average molecular weight is 256 g/mol. The molecule has 2 aromatic carbocycles. The fraction of sp³-hybridized carbons (Fsp3) is 0.188. The van der Waals surface area contributed by atoms with E-state index in [0.29, 0.717) is 11.5 Å². The van der Waals surface area contributed by atoms with Gasteiger partial charge in [0, 0.05) is 0 Å². The molecule has 0 aliphatic rings. The van der Waals surface area contributed by atoms with E-state index in [-0.39, 0.29) is 6.61 Å². The molecule has 0 atom stereocenters. The van der Waals surface area contributed by atoms with Crippen molar-refractivity contribution in [3.63, 3.8) is 0 Å². The van der Waals surface area contributed by atoms with Gasteiger partial charge in [-0.05, 0) is 43.2 Å². The summed E-state index contributed by atoms with van der Waals surface area (Å²) < 4.78 is 10.6. The molecular weight excluding hydrogens is 240 g/mol. The summed E-state index contributed by atoms with van der Waals surface area (Å²) in [5.74, 6) is 0.831. The van der Waals surface area contributed by atoms with E-state index in [2.05, 4.69) is 0 Å². The number of carbonyl (C=O) groups excluding carboxylic acids is 1. The number of carbonyl (C=O) groups is 1. The Bertz CT molecular complexity index is 576. The van der Waals surface area contributed by atoms with Gasteiger partial charge in [-0.15, -0.1) is 0 Å². The van der Waals surface area contributed by atoms with E-state index in [4.69, 9.17) is 9.47 Å². The summed E-state index contributed by atoms with van der Waals surface area (Å²) in [6, 6.07) is 14.9. The lowest BCUT2D eigenvalue weighted by Gasteiger charge is -2.08. The number of hydrogen-bond donors (Lipinski definition) is 0. The molecule has 0 aliphatic heterocycles. The van der Waals surface area contributed by atoms with Crippen LogP contribution >= 0.6 is 0 Å². The van der Waals surface area contributed by atoms with E-state index in [1.54, 1.807) is 6.07 Å². The maximum Gasteiger partial charge on any atom is 0.349 e. The van der Waals surface area contributed by atoms with Crippen LogP contribution in [-0.2, 0) is 4.79 Å². The normalized spacial score (nSPS) is 10.0. The number of para-hydroxylation sites is 1. The van der Waals surface area contributed by atoms with Gasteiger partial charge in [0.1, 0.15) is 11.5 Å². The second-order valence-corrected chi connectivity index (χ2v) is 4.34. The quantitative estimate of drug-likeness (QED) is 0.622. The molecule has 0 amide bonds. The molecule has 0 unspecified atom stereocenters. The lowest BCUT2D eigenvalue weighted by atomic mass is 10.2. The van der Waals surface area contributed by atoms with Crippen molar-refractivity contribution in [1.82, 2.24) is 0 Å². The van der Waals surface area contributed by atoms with Gasteiger partial charge in [-0.3, -0.25) is 0 Å². The zero-order chi connectivity index (χ0) is 13.7. The Kier molecular flexibility index (Phi) is 4.18. The lowest BCUT2D eigenvalue weighted by molar-refractivity contribution is -0.136. The van der Waals surface area contributed by atoms with E-state index < -0.39 is 5.97 Å². The number of rotatable bonds is 4. The Hall–Kier alpha value is -2.29. The van der Waals surface area contributed by atoms with Crippen molar-refractivity contribution < 1.29 is 14.3 Å². The SMILES string of the molecule is Cc1cccc(OCC(=O)Oc2ccccc2C)c1. The highest BCUT2D eigenvalue weighted by Crippen LogP contribution is 2.17. The molecule has 0 spiro atoms. The monoisotopic (exact) mass is 256 g/mol. The largest absolute Gasteiger partial charge is 0.482 e. The molecule has 0 N–H and O–H groups in total. The minimum absolute atomic E-state index is 0.0994. The number of benzene rings is 2. The summed E-state index contributed by atoms with van der Waals surface area (Å²) in [5.41, 5.74) is 2.01. The Morgan fingerprint density at radius 3 is 2.58 bits per heavy atom. The van der Waals surface area contributed by atoms with Crippen molar-refractivity contribution in [2.45, 2.75) is 13.8 Å². The Labute approximate surface area is 112 Å². The van der Waals surface area contributed by atoms with Crippen LogP contribution < -0.4 is 9.47 Å². The smallest absolute Gasteiger partial charge is 0.349 e. The Balaban J connectivity index is 1.90. The molecule has 2 aromatic rings. The Morgan fingerprint density at radius 2 is 1.84 bits per heavy atom. The third-order valence-electron chi connectivity index (χ3n) is 2.66. The van der Waals surface area contributed by atoms with Crippen LogP contribution in [0.5, 0.6) is 11.5 Å². The molecule has 0 aliphatic carbocycles. The first-order chi connectivity index (χ1) is 9.15. The van der Waals surface area contributed by atoms with Gasteiger partial charge < -0.3 is 9.47 Å². The molecule has 2 rings (SSSR count). The fourth-order valence-electron chi connectivity index (χ4n) is 1.67. The second-order valence-electron chi connectivity index (χ2n) is 4.34. The van der Waals surface area contributed by atoms with Crippen LogP contribution in [-0.4, -0.2) is 12.6 Å². The Morgan fingerprint density at radius 1 is 1.05 bits per heavy atom. The molecule has 3 nitrogen and oxygen atoms in total. The molecule has 19 heavy (non-hydrogen) atoms. The van der Waals surface area contributed by atoms with E-state index in [9.17, 15) is 4.79 Å². The molecule has 0 saturated carbocycles. The van der Waals surface area contributed by atoms with Gasteiger partial charge >= 0.3 is 5.97 Å². The van der Waals surface area contributed by atoms with Gasteiger partial charge in [0.25, 0.3) is 0 Å². The van der Waals surface area contributed by atoms with Gasteiger partial charge in [-0.2, -0.15) is 0 Å². The van der Waals surface area contributed by atoms with Crippen LogP contribution in [0.25, 0.3) is 0 Å². The summed E-state index contributed by atoms with van der Waals surface area (Å²) in [6.07, 6.45) is 0. The predicted octanol–water partition coefficient (Wildman–Crippen LogP) is 3.29. The zero-order valence-corrected chi connectivity index (χ0v) is 11.1. The summed E-state index contributed by atoms with van der Waals surface area (Å²) in [4.78, 5) is 11.7. The summed E-state index contributed by atoms with van der Waals surface area (Å²) in [6.45, 7) is 3.76. The van der Waals surface area contributed by atoms with Gasteiger partial charge in [0.05, 0.1) is 0 Å². The van der Waals surface area contributed by atoms with E-state index >= 15 is 0 Å². The molecular formula is C16H16O3. The number of ether oxygens (including phenoxy) is 2. The van der Waals surface area contributed by atoms with Gasteiger partial charge in [0.2, 0.25) is 0 Å². The fourth-order valence-corrected chi connectivity index (χ4v) is 1.67. The molecule has 3 heteroatoms. The third-order valence-corrected chi connectivity index (χ3v) is 2.66. The second kappa shape index (κ2) is 6.05. The van der Waals surface area contributed by atoms with Crippen LogP contribution in [0.3, 0.4) is 0 Å². The first-order valence-electron chi connectivity index (χ1n) is 6.11. The predicted molar refractivity (Wildman–Crippen MR) is 73.5 cm³/mol. The van der Waals surface area contributed by atoms with Gasteiger partial charge in [0.15, 0.2) is 6.61 Å². The van der Waals surface area contributed by atoms with Crippen molar-refractivity contribution in [2.24, 2.45) is 0 Å². The van der Waals surface area contributed by atoms with Gasteiger partial charge in [-0.1, -0.05) is 30.3 Å². The zero-order valence-electron chi connectivity index (χ0n) is 11.1. The van der Waals surface area contributed by atoms with Crippen LogP contribution in [0, 0.1) is 13.8 Å². The van der Waals surface area contributed by atoms with E-state index in [1.807, 2.05) is 56.3 Å². The summed E-state index contributed by atoms with van der Waals surface area (Å²) >= 11 is 0. The van der Waals surface area contributed by atoms with Crippen molar-refractivity contribution in [3.8, 4) is 11.5 Å². The molecule has 0 aromatic heterocycles.